The number of nitrogens with two attached hydrogens (primary N) is 1. The Morgan fingerprint density at radius 3 is 2.52 bits per heavy atom. The number of fused-ring (bicyclic) bond motifs is 1. The maximum Gasteiger partial charge on any atom is 0.330 e. The molecule has 0 atom stereocenters. The standard InChI is InChI=1S/C23H24N6O3S/c1-27(19(30)13-28-17-11-7-6-10-16(17)25-18(28)14-33-2)20-21(24)29(23(32)26-22(20)31)12-15-8-4-3-5-9-15/h3-11H,12-14,24H2,1-2H3,(H,26,31,32). The average molecular weight is 465 g/mol. The number of nitrogens with zero attached hydrogens (tertiary/aromatic N) is 4. The quantitative estimate of drug-likeness (QED) is 0.432. The molecule has 170 valence electrons. The van der Waals surface area contributed by atoms with Crippen molar-refractivity contribution < 1.29 is 4.79 Å². The van der Waals surface area contributed by atoms with Crippen LogP contribution in [0, 0.1) is 0 Å². The minimum atomic E-state index is -0.711. The summed E-state index contributed by atoms with van der Waals surface area (Å²) in [4.78, 5) is 46.4. The van der Waals surface area contributed by atoms with Crippen molar-refractivity contribution in [1.82, 2.24) is 19.1 Å². The number of carbonyl (C=O) groups excluding carboxylic acids is 1. The van der Waals surface area contributed by atoms with E-state index in [1.807, 2.05) is 65.4 Å². The number of imidazole rings is 1. The highest BCUT2D eigenvalue weighted by Gasteiger charge is 2.23. The highest BCUT2D eigenvalue weighted by Crippen LogP contribution is 2.21. The van der Waals surface area contributed by atoms with Crippen molar-refractivity contribution in [3.05, 3.63) is 86.8 Å². The van der Waals surface area contributed by atoms with Crippen LogP contribution >= 0.6 is 11.8 Å². The Bertz CT molecular complexity index is 1420. The molecule has 0 aliphatic carbocycles. The summed E-state index contributed by atoms with van der Waals surface area (Å²) in [5.74, 6) is 0.975. The summed E-state index contributed by atoms with van der Waals surface area (Å²) in [6.07, 6.45) is 1.97. The first kappa shape index (κ1) is 22.4. The fraction of sp³-hybridized carbons (Fsp3) is 0.217. The number of aromatic amines is 1. The number of aromatic nitrogens is 4. The number of nitrogen functional groups attached to an aromatic ring is 1. The van der Waals surface area contributed by atoms with Gasteiger partial charge in [-0.2, -0.15) is 11.8 Å². The van der Waals surface area contributed by atoms with Gasteiger partial charge in [0.15, 0.2) is 5.69 Å². The molecule has 0 unspecified atom stereocenters. The highest BCUT2D eigenvalue weighted by molar-refractivity contribution is 7.97. The van der Waals surface area contributed by atoms with Crippen LogP contribution in [0.3, 0.4) is 0 Å². The number of thioether (sulfide) groups is 1. The monoisotopic (exact) mass is 464 g/mol. The van der Waals surface area contributed by atoms with Crippen molar-refractivity contribution in [1.29, 1.82) is 0 Å². The SMILES string of the molecule is CSCc1nc2ccccc2n1CC(=O)N(C)c1c(N)n(Cc2ccccc2)c(=O)[nH]c1=O. The van der Waals surface area contributed by atoms with E-state index in [0.29, 0.717) is 5.75 Å². The lowest BCUT2D eigenvalue weighted by Crippen LogP contribution is -2.40. The summed E-state index contributed by atoms with van der Waals surface area (Å²) >= 11 is 1.60. The Kier molecular flexibility index (Phi) is 6.36. The predicted molar refractivity (Wildman–Crippen MR) is 132 cm³/mol. The van der Waals surface area contributed by atoms with Crippen molar-refractivity contribution in [3.63, 3.8) is 0 Å². The van der Waals surface area contributed by atoms with E-state index in [4.69, 9.17) is 5.73 Å². The Morgan fingerprint density at radius 1 is 1.09 bits per heavy atom. The van der Waals surface area contributed by atoms with Crippen LogP contribution in [0.25, 0.3) is 11.0 Å². The number of hydrogen-bond acceptors (Lipinski definition) is 6. The molecule has 0 saturated carbocycles. The van der Waals surface area contributed by atoms with Gasteiger partial charge in [0.1, 0.15) is 18.2 Å². The molecule has 2 heterocycles. The van der Waals surface area contributed by atoms with Crippen LogP contribution in [-0.2, 0) is 23.6 Å². The molecule has 2 aromatic carbocycles. The lowest BCUT2D eigenvalue weighted by Gasteiger charge is -2.21. The number of H-pyrrole nitrogens is 1. The number of rotatable bonds is 7. The van der Waals surface area contributed by atoms with Gasteiger partial charge in [0.05, 0.1) is 23.3 Å². The number of carbonyl (C=O) groups is 1. The number of para-hydroxylation sites is 2. The first-order valence-corrected chi connectivity index (χ1v) is 11.7. The normalized spacial score (nSPS) is 11.1. The summed E-state index contributed by atoms with van der Waals surface area (Å²) in [5, 5.41) is 0. The largest absolute Gasteiger partial charge is 0.383 e. The summed E-state index contributed by atoms with van der Waals surface area (Å²) < 4.78 is 3.09. The van der Waals surface area contributed by atoms with E-state index in [2.05, 4.69) is 9.97 Å². The van der Waals surface area contributed by atoms with Crippen molar-refractivity contribution in [2.45, 2.75) is 18.8 Å². The fourth-order valence-corrected chi connectivity index (χ4v) is 4.21. The summed E-state index contributed by atoms with van der Waals surface area (Å²) in [6.45, 7) is 0.144. The smallest absolute Gasteiger partial charge is 0.330 e. The highest BCUT2D eigenvalue weighted by atomic mass is 32.2. The molecule has 0 bridgehead atoms. The Hall–Kier alpha value is -3.79. The molecule has 0 radical (unpaired) electrons. The fourth-order valence-electron chi connectivity index (χ4n) is 3.73. The molecular formula is C23H24N6O3S. The van der Waals surface area contributed by atoms with E-state index in [-0.39, 0.29) is 30.5 Å². The molecule has 10 heteroatoms. The third kappa shape index (κ3) is 4.42. The van der Waals surface area contributed by atoms with Crippen LogP contribution in [0.4, 0.5) is 11.5 Å². The molecular weight excluding hydrogens is 440 g/mol. The zero-order valence-electron chi connectivity index (χ0n) is 18.3. The Balaban J connectivity index is 1.69. The second-order valence-corrected chi connectivity index (χ2v) is 8.42. The lowest BCUT2D eigenvalue weighted by molar-refractivity contribution is -0.118. The summed E-state index contributed by atoms with van der Waals surface area (Å²) in [7, 11) is 1.48. The third-order valence-corrected chi connectivity index (χ3v) is 5.95. The molecule has 0 spiro atoms. The van der Waals surface area contributed by atoms with E-state index in [1.54, 1.807) is 11.8 Å². The third-order valence-electron chi connectivity index (χ3n) is 5.41. The number of likely N-dealkylation sites (N-methyl/N-ethyl adjacent to an activating group) is 1. The van der Waals surface area contributed by atoms with Gasteiger partial charge in [0.2, 0.25) is 5.91 Å². The van der Waals surface area contributed by atoms with Gasteiger partial charge < -0.3 is 15.2 Å². The molecule has 0 fully saturated rings. The van der Waals surface area contributed by atoms with Gasteiger partial charge in [-0.3, -0.25) is 19.1 Å². The van der Waals surface area contributed by atoms with Gasteiger partial charge in [-0.25, -0.2) is 9.78 Å². The predicted octanol–water partition coefficient (Wildman–Crippen LogP) is 2.04. The molecule has 1 amide bonds. The van der Waals surface area contributed by atoms with Crippen LogP contribution < -0.4 is 21.9 Å². The first-order chi connectivity index (χ1) is 15.9. The maximum atomic E-state index is 13.2. The number of nitrogens with one attached hydrogen (secondary N) is 1. The van der Waals surface area contributed by atoms with E-state index in [9.17, 15) is 14.4 Å². The van der Waals surface area contributed by atoms with Gasteiger partial charge in [0, 0.05) is 7.05 Å². The molecule has 4 aromatic rings. The lowest BCUT2D eigenvalue weighted by atomic mass is 10.2. The topological polar surface area (TPSA) is 119 Å². The molecule has 0 saturated heterocycles. The van der Waals surface area contributed by atoms with E-state index < -0.39 is 11.2 Å². The van der Waals surface area contributed by atoms with Gasteiger partial charge in [-0.05, 0) is 24.0 Å². The summed E-state index contributed by atoms with van der Waals surface area (Å²) in [6, 6.07) is 16.8. The van der Waals surface area contributed by atoms with E-state index in [0.717, 1.165) is 22.4 Å². The Morgan fingerprint density at radius 2 is 1.79 bits per heavy atom. The van der Waals surface area contributed by atoms with E-state index in [1.165, 1.54) is 16.5 Å². The molecule has 9 nitrogen and oxygen atoms in total. The van der Waals surface area contributed by atoms with Crippen LogP contribution in [-0.4, -0.2) is 38.3 Å². The Labute approximate surface area is 193 Å². The van der Waals surface area contributed by atoms with Gasteiger partial charge in [0.25, 0.3) is 5.56 Å². The van der Waals surface area contributed by atoms with Crippen LogP contribution in [0.5, 0.6) is 0 Å². The second-order valence-electron chi connectivity index (χ2n) is 7.55. The molecule has 0 aliphatic rings. The molecule has 0 aliphatic heterocycles. The zero-order valence-corrected chi connectivity index (χ0v) is 19.1. The van der Waals surface area contributed by atoms with Gasteiger partial charge >= 0.3 is 5.69 Å². The average Bonchev–Trinajstić information content (AvgIpc) is 3.14. The van der Waals surface area contributed by atoms with Gasteiger partial charge in [-0.15, -0.1) is 0 Å². The van der Waals surface area contributed by atoms with Crippen LogP contribution in [0.1, 0.15) is 11.4 Å². The zero-order chi connectivity index (χ0) is 23.5. The van der Waals surface area contributed by atoms with Crippen molar-refractivity contribution in [3.8, 4) is 0 Å². The number of hydrogen-bond donors (Lipinski definition) is 2. The minimum absolute atomic E-state index is 0.0242. The molecule has 3 N–H and O–H groups in total. The minimum Gasteiger partial charge on any atom is -0.383 e. The molecule has 33 heavy (non-hydrogen) atoms. The van der Waals surface area contributed by atoms with Crippen molar-refractivity contribution in [2.75, 3.05) is 23.9 Å². The number of benzene rings is 2. The van der Waals surface area contributed by atoms with Crippen LogP contribution in [0.15, 0.2) is 64.2 Å². The first-order valence-electron chi connectivity index (χ1n) is 10.3. The number of anilines is 2. The van der Waals surface area contributed by atoms with Crippen molar-refractivity contribution >= 4 is 40.2 Å². The maximum absolute atomic E-state index is 13.2. The molecule has 2 aromatic heterocycles. The second kappa shape index (κ2) is 9.37. The van der Waals surface area contributed by atoms with Crippen LogP contribution in [0.2, 0.25) is 0 Å². The summed E-state index contributed by atoms with van der Waals surface area (Å²) in [5.41, 5.74) is 7.30. The number of amides is 1. The van der Waals surface area contributed by atoms with Gasteiger partial charge in [-0.1, -0.05) is 42.5 Å². The molecule has 4 rings (SSSR count). The van der Waals surface area contributed by atoms with Crippen molar-refractivity contribution in [2.24, 2.45) is 0 Å². The van der Waals surface area contributed by atoms with E-state index >= 15 is 0 Å².